The number of fused-ring (bicyclic) bond motifs is 3. The van der Waals surface area contributed by atoms with Crippen molar-refractivity contribution in [2.24, 2.45) is 0 Å². The number of para-hydroxylation sites is 1. The van der Waals surface area contributed by atoms with Crippen LogP contribution in [0.5, 0.6) is 0 Å². The number of aromatic amines is 1. The lowest BCUT2D eigenvalue weighted by Crippen LogP contribution is -2.28. The van der Waals surface area contributed by atoms with Crippen molar-refractivity contribution in [1.82, 2.24) is 10.3 Å². The fraction of sp³-hybridized carbons (Fsp3) is 0.304. The van der Waals surface area contributed by atoms with Gasteiger partial charge in [0.2, 0.25) is 0 Å². The Hall–Kier alpha value is -2.72. The molecule has 2 N–H and O–H groups in total. The van der Waals surface area contributed by atoms with Crippen molar-refractivity contribution in [3.05, 3.63) is 71.4 Å². The van der Waals surface area contributed by atoms with E-state index in [0.29, 0.717) is 12.8 Å². The standard InChI is InChI=1S/C23H24N2O2/c26-20(16-8-2-1-3-9-16)12-6-7-15-24-19-13-14-21(27)23-22(19)17-10-4-5-11-18(17)25-23/h1-5,8-11,19,24-25H,6-7,12-15H2. The van der Waals surface area contributed by atoms with E-state index in [9.17, 15) is 9.59 Å². The molecule has 3 aromatic rings. The van der Waals surface area contributed by atoms with Crippen molar-refractivity contribution in [3.8, 4) is 0 Å². The lowest BCUT2D eigenvalue weighted by molar-refractivity contribution is 0.0955. The predicted octanol–water partition coefficient (Wildman–Crippen LogP) is 4.83. The summed E-state index contributed by atoms with van der Waals surface area (Å²) in [5, 5.41) is 4.74. The summed E-state index contributed by atoms with van der Waals surface area (Å²) in [5.74, 6) is 0.408. The molecular formula is C23H24N2O2. The molecule has 2 aromatic carbocycles. The van der Waals surface area contributed by atoms with Crippen LogP contribution in [0.2, 0.25) is 0 Å². The van der Waals surface area contributed by atoms with E-state index < -0.39 is 0 Å². The van der Waals surface area contributed by atoms with Gasteiger partial charge in [-0.1, -0.05) is 48.5 Å². The molecule has 0 fully saturated rings. The van der Waals surface area contributed by atoms with Crippen molar-refractivity contribution < 1.29 is 9.59 Å². The number of hydrogen-bond donors (Lipinski definition) is 2. The maximum absolute atomic E-state index is 12.3. The zero-order chi connectivity index (χ0) is 18.6. The number of H-pyrrole nitrogens is 1. The molecule has 1 atom stereocenters. The average Bonchev–Trinajstić information content (AvgIpc) is 3.10. The van der Waals surface area contributed by atoms with E-state index in [0.717, 1.165) is 53.5 Å². The SMILES string of the molecule is O=C(CCCCNC1CCC(=O)c2[nH]c3ccccc3c21)c1ccccc1. The van der Waals surface area contributed by atoms with Crippen LogP contribution in [0.15, 0.2) is 54.6 Å². The van der Waals surface area contributed by atoms with Crippen LogP contribution in [0.25, 0.3) is 10.9 Å². The first-order valence-electron chi connectivity index (χ1n) is 9.69. The number of rotatable bonds is 7. The van der Waals surface area contributed by atoms with Crippen LogP contribution in [-0.2, 0) is 0 Å². The number of carbonyl (C=O) groups excluding carboxylic acids is 2. The van der Waals surface area contributed by atoms with E-state index in [-0.39, 0.29) is 17.6 Å². The van der Waals surface area contributed by atoms with Gasteiger partial charge in [0, 0.05) is 40.9 Å². The molecule has 4 nitrogen and oxygen atoms in total. The summed E-state index contributed by atoms with van der Waals surface area (Å²) < 4.78 is 0. The molecule has 4 rings (SSSR count). The molecule has 0 radical (unpaired) electrons. The summed E-state index contributed by atoms with van der Waals surface area (Å²) in [5.41, 5.74) is 3.69. The third kappa shape index (κ3) is 3.71. The second kappa shape index (κ2) is 7.89. The van der Waals surface area contributed by atoms with E-state index >= 15 is 0 Å². The largest absolute Gasteiger partial charge is 0.352 e. The Kier molecular flexibility index (Phi) is 5.16. The van der Waals surface area contributed by atoms with E-state index in [4.69, 9.17) is 0 Å². The molecular weight excluding hydrogens is 336 g/mol. The number of nitrogens with one attached hydrogen (secondary N) is 2. The highest BCUT2D eigenvalue weighted by Crippen LogP contribution is 2.35. The molecule has 0 aliphatic heterocycles. The first-order valence-corrected chi connectivity index (χ1v) is 9.69. The maximum atomic E-state index is 12.3. The number of Topliss-reactive ketones (excluding diaryl/α,β-unsaturated/α-hetero) is 2. The molecule has 0 amide bonds. The van der Waals surface area contributed by atoms with Crippen LogP contribution in [0.3, 0.4) is 0 Å². The van der Waals surface area contributed by atoms with Crippen molar-refractivity contribution in [3.63, 3.8) is 0 Å². The third-order valence-electron chi connectivity index (χ3n) is 5.35. The number of benzene rings is 2. The molecule has 0 bridgehead atoms. The number of hydrogen-bond acceptors (Lipinski definition) is 3. The topological polar surface area (TPSA) is 62.0 Å². The molecule has 0 saturated carbocycles. The van der Waals surface area contributed by atoms with Gasteiger partial charge in [-0.3, -0.25) is 9.59 Å². The van der Waals surface area contributed by atoms with Crippen LogP contribution in [0.4, 0.5) is 0 Å². The minimum Gasteiger partial charge on any atom is -0.352 e. The Morgan fingerprint density at radius 3 is 2.67 bits per heavy atom. The van der Waals surface area contributed by atoms with Crippen molar-refractivity contribution in [1.29, 1.82) is 0 Å². The van der Waals surface area contributed by atoms with Gasteiger partial charge in [0.05, 0.1) is 5.69 Å². The Morgan fingerprint density at radius 2 is 1.81 bits per heavy atom. The molecule has 0 saturated heterocycles. The minimum atomic E-state index is 0.193. The normalized spacial score (nSPS) is 16.4. The Bertz CT molecular complexity index is 959. The molecule has 1 aliphatic rings. The summed E-state index contributed by atoms with van der Waals surface area (Å²) >= 11 is 0. The molecule has 1 aliphatic carbocycles. The lowest BCUT2D eigenvalue weighted by atomic mass is 9.90. The molecule has 1 unspecified atom stereocenters. The number of ketones is 2. The fourth-order valence-corrected chi connectivity index (χ4v) is 3.95. The van der Waals surface area contributed by atoms with Gasteiger partial charge in [0.15, 0.2) is 11.6 Å². The smallest absolute Gasteiger partial charge is 0.179 e. The summed E-state index contributed by atoms with van der Waals surface area (Å²) in [7, 11) is 0. The number of unbranched alkanes of at least 4 members (excludes halogenated alkanes) is 1. The van der Waals surface area contributed by atoms with Gasteiger partial charge in [-0.05, 0) is 31.9 Å². The molecule has 1 heterocycles. The first-order chi connectivity index (χ1) is 13.2. The summed E-state index contributed by atoms with van der Waals surface area (Å²) in [6, 6.07) is 17.8. The van der Waals surface area contributed by atoms with Crippen molar-refractivity contribution in [2.75, 3.05) is 6.54 Å². The van der Waals surface area contributed by atoms with E-state index in [1.54, 1.807) is 0 Å². The second-order valence-corrected chi connectivity index (χ2v) is 7.17. The number of aromatic nitrogens is 1. The second-order valence-electron chi connectivity index (χ2n) is 7.17. The van der Waals surface area contributed by atoms with Gasteiger partial charge in [-0.2, -0.15) is 0 Å². The van der Waals surface area contributed by atoms with E-state index in [1.165, 1.54) is 0 Å². The maximum Gasteiger partial charge on any atom is 0.179 e. The van der Waals surface area contributed by atoms with Crippen LogP contribution in [0, 0.1) is 0 Å². The van der Waals surface area contributed by atoms with Gasteiger partial charge < -0.3 is 10.3 Å². The first kappa shape index (κ1) is 17.7. The van der Waals surface area contributed by atoms with Crippen LogP contribution < -0.4 is 5.32 Å². The average molecular weight is 360 g/mol. The molecule has 1 aromatic heterocycles. The summed E-state index contributed by atoms with van der Waals surface area (Å²) in [6.45, 7) is 0.847. The summed E-state index contributed by atoms with van der Waals surface area (Å²) in [6.07, 6.45) is 3.79. The number of carbonyl (C=O) groups is 2. The van der Waals surface area contributed by atoms with Gasteiger partial charge >= 0.3 is 0 Å². The highest BCUT2D eigenvalue weighted by Gasteiger charge is 2.29. The van der Waals surface area contributed by atoms with Crippen LogP contribution >= 0.6 is 0 Å². The van der Waals surface area contributed by atoms with Gasteiger partial charge in [-0.25, -0.2) is 0 Å². The quantitative estimate of drug-likeness (QED) is 0.469. The predicted molar refractivity (Wildman–Crippen MR) is 107 cm³/mol. The zero-order valence-electron chi connectivity index (χ0n) is 15.3. The molecule has 27 heavy (non-hydrogen) atoms. The summed E-state index contributed by atoms with van der Waals surface area (Å²) in [4.78, 5) is 27.7. The zero-order valence-corrected chi connectivity index (χ0v) is 15.3. The highest BCUT2D eigenvalue weighted by molar-refractivity contribution is 6.03. The van der Waals surface area contributed by atoms with Gasteiger partial charge in [0.1, 0.15) is 0 Å². The van der Waals surface area contributed by atoms with E-state index in [2.05, 4.69) is 16.4 Å². The Labute approximate surface area is 159 Å². The van der Waals surface area contributed by atoms with Gasteiger partial charge in [0.25, 0.3) is 0 Å². The monoisotopic (exact) mass is 360 g/mol. The van der Waals surface area contributed by atoms with Crippen LogP contribution in [-0.4, -0.2) is 23.1 Å². The lowest BCUT2D eigenvalue weighted by Gasteiger charge is -2.23. The van der Waals surface area contributed by atoms with Crippen molar-refractivity contribution in [2.45, 2.75) is 38.1 Å². The fourth-order valence-electron chi connectivity index (χ4n) is 3.95. The third-order valence-corrected chi connectivity index (χ3v) is 5.35. The van der Waals surface area contributed by atoms with E-state index in [1.807, 2.05) is 48.5 Å². The van der Waals surface area contributed by atoms with Gasteiger partial charge in [-0.15, -0.1) is 0 Å². The molecule has 4 heteroatoms. The Morgan fingerprint density at radius 1 is 1.04 bits per heavy atom. The minimum absolute atomic E-state index is 0.193. The Balaban J connectivity index is 1.34. The highest BCUT2D eigenvalue weighted by atomic mass is 16.1. The molecule has 0 spiro atoms. The van der Waals surface area contributed by atoms with Crippen LogP contribution in [0.1, 0.15) is 64.6 Å². The van der Waals surface area contributed by atoms with Crippen molar-refractivity contribution >= 4 is 22.5 Å². The molecule has 138 valence electrons.